The quantitative estimate of drug-likeness (QED) is 0.559. The first kappa shape index (κ1) is 10.6. The minimum absolute atomic E-state index is 0.0775. The van der Waals surface area contributed by atoms with Crippen LogP contribution in [0.5, 0.6) is 0 Å². The summed E-state index contributed by atoms with van der Waals surface area (Å²) in [5.74, 6) is -1.33. The molecule has 0 saturated carbocycles. The third-order valence-corrected chi connectivity index (χ3v) is 2.02. The highest BCUT2D eigenvalue weighted by Crippen LogP contribution is 2.25. The number of pyridine rings is 1. The molecule has 0 aromatic carbocycles. The van der Waals surface area contributed by atoms with Gasteiger partial charge in [0.25, 0.3) is 6.43 Å². The van der Waals surface area contributed by atoms with Crippen LogP contribution in [0, 0.1) is 5.95 Å². The molecule has 0 aliphatic rings. The van der Waals surface area contributed by atoms with Crippen LogP contribution >= 0.6 is 23.2 Å². The molecule has 1 aromatic rings. The third-order valence-electron chi connectivity index (χ3n) is 1.41. The summed E-state index contributed by atoms with van der Waals surface area (Å²) in [6.07, 6.45) is -2.91. The van der Waals surface area contributed by atoms with Crippen LogP contribution in [-0.4, -0.2) is 4.98 Å². The van der Waals surface area contributed by atoms with Gasteiger partial charge >= 0.3 is 0 Å². The maximum atomic E-state index is 12.7. The molecule has 1 aromatic heterocycles. The monoisotopic (exact) mass is 229 g/mol. The number of alkyl halides is 3. The second-order valence-corrected chi connectivity index (χ2v) is 2.88. The van der Waals surface area contributed by atoms with Crippen molar-refractivity contribution in [1.29, 1.82) is 0 Å². The van der Waals surface area contributed by atoms with Gasteiger partial charge in [-0.2, -0.15) is 4.39 Å². The lowest BCUT2D eigenvalue weighted by Crippen LogP contribution is -1.98. The van der Waals surface area contributed by atoms with Gasteiger partial charge in [-0.05, 0) is 6.07 Å². The van der Waals surface area contributed by atoms with E-state index < -0.39 is 17.9 Å². The van der Waals surface area contributed by atoms with Crippen molar-refractivity contribution < 1.29 is 13.2 Å². The normalized spacial score (nSPS) is 10.9. The molecule has 0 atom stereocenters. The number of nitrogens with zero attached hydrogens (tertiary/aromatic N) is 1. The molecule has 1 heterocycles. The topological polar surface area (TPSA) is 12.9 Å². The van der Waals surface area contributed by atoms with Gasteiger partial charge in [-0.15, -0.1) is 11.6 Å². The van der Waals surface area contributed by atoms with E-state index in [1.54, 1.807) is 0 Å². The maximum Gasteiger partial charge on any atom is 0.268 e. The Hall–Kier alpha value is -0.480. The van der Waals surface area contributed by atoms with Gasteiger partial charge in [0.1, 0.15) is 5.15 Å². The van der Waals surface area contributed by atoms with Gasteiger partial charge in [-0.25, -0.2) is 13.8 Å². The summed E-state index contributed by atoms with van der Waals surface area (Å²) < 4.78 is 36.9. The molecule has 1 nitrogen and oxygen atoms in total. The largest absolute Gasteiger partial charge is 0.268 e. The summed E-state index contributed by atoms with van der Waals surface area (Å²) in [5, 5.41) is -0.183. The van der Waals surface area contributed by atoms with E-state index in [1.807, 2.05) is 0 Å². The lowest BCUT2D eigenvalue weighted by Gasteiger charge is -2.04. The fourth-order valence-electron chi connectivity index (χ4n) is 0.776. The van der Waals surface area contributed by atoms with E-state index in [1.165, 1.54) is 0 Å². The molecule has 0 bridgehead atoms. The minimum Gasteiger partial charge on any atom is -0.207 e. The van der Waals surface area contributed by atoms with Crippen LogP contribution in [0.1, 0.15) is 17.6 Å². The van der Waals surface area contributed by atoms with Crippen molar-refractivity contribution in [3.8, 4) is 0 Å². The van der Waals surface area contributed by atoms with Crippen LogP contribution in [0.4, 0.5) is 13.2 Å². The Morgan fingerprint density at radius 2 is 2.08 bits per heavy atom. The van der Waals surface area contributed by atoms with E-state index >= 15 is 0 Å². The third kappa shape index (κ3) is 2.25. The summed E-state index contributed by atoms with van der Waals surface area (Å²) in [5.41, 5.74) is -0.583. The zero-order chi connectivity index (χ0) is 10.0. The average molecular weight is 230 g/mol. The molecule has 0 fully saturated rings. The molecule has 1 rings (SSSR count). The Morgan fingerprint density at radius 1 is 1.46 bits per heavy atom. The van der Waals surface area contributed by atoms with Crippen molar-refractivity contribution in [2.45, 2.75) is 12.3 Å². The lowest BCUT2D eigenvalue weighted by atomic mass is 10.2. The van der Waals surface area contributed by atoms with E-state index in [9.17, 15) is 13.2 Å². The molecule has 13 heavy (non-hydrogen) atoms. The maximum absolute atomic E-state index is 12.7. The minimum atomic E-state index is -2.91. The molecule has 0 aliphatic heterocycles. The standard InChI is InChI=1S/C7H4Cl2F3N/c8-2-3-1-4(6(10)11)7(12)13-5(3)9/h1,6H,2H2. The molecule has 0 saturated heterocycles. The van der Waals surface area contributed by atoms with Crippen LogP contribution in [0.3, 0.4) is 0 Å². The molecule has 72 valence electrons. The highest BCUT2D eigenvalue weighted by molar-refractivity contribution is 6.31. The van der Waals surface area contributed by atoms with Crippen molar-refractivity contribution >= 4 is 23.2 Å². The Bertz CT molecular complexity index is 317. The number of hydrogen-bond donors (Lipinski definition) is 0. The molecule has 0 amide bonds. The molecule has 6 heteroatoms. The van der Waals surface area contributed by atoms with Gasteiger partial charge in [0.05, 0.1) is 11.4 Å². The van der Waals surface area contributed by atoms with E-state index in [2.05, 4.69) is 4.98 Å². The Morgan fingerprint density at radius 3 is 2.54 bits per heavy atom. The van der Waals surface area contributed by atoms with E-state index in [0.717, 1.165) is 6.07 Å². The summed E-state index contributed by atoms with van der Waals surface area (Å²) in [6.45, 7) is 0. The lowest BCUT2D eigenvalue weighted by molar-refractivity contribution is 0.145. The first-order valence-corrected chi connectivity index (χ1v) is 4.16. The Labute approximate surface area is 82.5 Å². The molecule has 0 spiro atoms. The zero-order valence-corrected chi connectivity index (χ0v) is 7.71. The predicted molar refractivity (Wildman–Crippen MR) is 43.7 cm³/mol. The zero-order valence-electron chi connectivity index (χ0n) is 6.20. The van der Waals surface area contributed by atoms with Crippen molar-refractivity contribution in [2.24, 2.45) is 0 Å². The van der Waals surface area contributed by atoms with Crippen molar-refractivity contribution in [3.05, 3.63) is 28.3 Å². The number of halogens is 5. The second kappa shape index (κ2) is 4.15. The van der Waals surface area contributed by atoms with Gasteiger partial charge in [-0.1, -0.05) is 11.6 Å². The molecular weight excluding hydrogens is 226 g/mol. The highest BCUT2D eigenvalue weighted by Gasteiger charge is 2.17. The summed E-state index contributed by atoms with van der Waals surface area (Å²) in [7, 11) is 0. The molecule has 0 N–H and O–H groups in total. The Balaban J connectivity index is 3.22. The number of rotatable bonds is 2. The molecule has 0 radical (unpaired) electrons. The van der Waals surface area contributed by atoms with Crippen LogP contribution < -0.4 is 0 Å². The Kier molecular flexibility index (Phi) is 3.39. The van der Waals surface area contributed by atoms with Gasteiger partial charge in [0.15, 0.2) is 0 Å². The van der Waals surface area contributed by atoms with Crippen LogP contribution in [-0.2, 0) is 5.88 Å². The summed E-state index contributed by atoms with van der Waals surface area (Å²) >= 11 is 10.8. The van der Waals surface area contributed by atoms with Gasteiger partial charge in [-0.3, -0.25) is 0 Å². The van der Waals surface area contributed by atoms with E-state index in [4.69, 9.17) is 23.2 Å². The van der Waals surface area contributed by atoms with Crippen LogP contribution in [0.15, 0.2) is 6.07 Å². The van der Waals surface area contributed by atoms with E-state index in [-0.39, 0.29) is 16.6 Å². The van der Waals surface area contributed by atoms with Gasteiger partial charge in [0.2, 0.25) is 5.95 Å². The fourth-order valence-corrected chi connectivity index (χ4v) is 1.24. The van der Waals surface area contributed by atoms with Gasteiger partial charge < -0.3 is 0 Å². The average Bonchev–Trinajstić information content (AvgIpc) is 2.03. The SMILES string of the molecule is Fc1nc(Cl)c(CCl)cc1C(F)F. The predicted octanol–water partition coefficient (Wildman–Crippen LogP) is 3.55. The van der Waals surface area contributed by atoms with Crippen molar-refractivity contribution in [2.75, 3.05) is 0 Å². The molecular formula is C7H4Cl2F3N. The first-order valence-electron chi connectivity index (χ1n) is 3.25. The smallest absolute Gasteiger partial charge is 0.207 e. The first-order chi connectivity index (χ1) is 6.06. The van der Waals surface area contributed by atoms with Crippen molar-refractivity contribution in [1.82, 2.24) is 4.98 Å². The fraction of sp³-hybridized carbons (Fsp3) is 0.286. The highest BCUT2D eigenvalue weighted by atomic mass is 35.5. The summed E-state index contributed by atoms with van der Waals surface area (Å²) in [6, 6.07) is 0.919. The second-order valence-electron chi connectivity index (χ2n) is 2.25. The van der Waals surface area contributed by atoms with Crippen molar-refractivity contribution in [3.63, 3.8) is 0 Å². The molecule has 0 unspecified atom stereocenters. The van der Waals surface area contributed by atoms with Gasteiger partial charge in [0, 0.05) is 5.56 Å². The number of hydrogen-bond acceptors (Lipinski definition) is 1. The summed E-state index contributed by atoms with van der Waals surface area (Å²) in [4.78, 5) is 3.10. The van der Waals surface area contributed by atoms with E-state index in [0.29, 0.717) is 0 Å². The van der Waals surface area contributed by atoms with Crippen LogP contribution in [0.25, 0.3) is 0 Å². The van der Waals surface area contributed by atoms with Crippen LogP contribution in [0.2, 0.25) is 5.15 Å². The number of aromatic nitrogens is 1. The molecule has 0 aliphatic carbocycles.